The molecule has 0 bridgehead atoms. The number of nitrogens with one attached hydrogen (secondary N) is 1. The van der Waals surface area contributed by atoms with Crippen LogP contribution < -0.4 is 5.32 Å². The average Bonchev–Trinajstić information content (AvgIpc) is 2.99. The van der Waals surface area contributed by atoms with Crippen molar-refractivity contribution in [2.24, 2.45) is 5.92 Å². The van der Waals surface area contributed by atoms with E-state index in [4.69, 9.17) is 0 Å². The first kappa shape index (κ1) is 15.6. The maximum Gasteiger partial charge on any atom is 0.331 e. The van der Waals surface area contributed by atoms with Gasteiger partial charge in [0, 0.05) is 12.1 Å². The molecule has 0 amide bonds. The van der Waals surface area contributed by atoms with Crippen LogP contribution in [-0.4, -0.2) is 40.7 Å². The van der Waals surface area contributed by atoms with Gasteiger partial charge in [-0.2, -0.15) is 9.61 Å². The Morgan fingerprint density at radius 2 is 2.12 bits per heavy atom. The largest absolute Gasteiger partial charge is 0.479 e. The minimum Gasteiger partial charge on any atom is -0.479 e. The first-order chi connectivity index (χ1) is 11.9. The summed E-state index contributed by atoms with van der Waals surface area (Å²) in [7, 11) is 0. The molecule has 0 spiro atoms. The molecule has 2 N–H and O–H groups in total. The summed E-state index contributed by atoms with van der Waals surface area (Å²) in [4.78, 5) is 11.3. The number of anilines is 2. The number of nitrogens with zero attached hydrogens (tertiary/aromatic N) is 6. The lowest BCUT2D eigenvalue weighted by Gasteiger charge is -2.19. The molecule has 9 nitrogen and oxygen atoms in total. The monoisotopic (exact) mass is 341 g/mol. The summed E-state index contributed by atoms with van der Waals surface area (Å²) >= 11 is 0. The number of fused-ring (bicyclic) bond motifs is 1. The highest BCUT2D eigenvalue weighted by molar-refractivity contribution is 5.75. The van der Waals surface area contributed by atoms with E-state index >= 15 is 0 Å². The van der Waals surface area contributed by atoms with Crippen molar-refractivity contribution in [3.63, 3.8) is 0 Å². The van der Waals surface area contributed by atoms with Crippen LogP contribution in [0.25, 0.3) is 5.65 Å². The zero-order valence-corrected chi connectivity index (χ0v) is 14.2. The summed E-state index contributed by atoms with van der Waals surface area (Å²) in [6.07, 6.45) is 4.33. The third-order valence-electron chi connectivity index (χ3n) is 4.68. The predicted octanol–water partition coefficient (Wildman–Crippen LogP) is 2.01. The van der Waals surface area contributed by atoms with Crippen LogP contribution in [0.5, 0.6) is 0 Å². The van der Waals surface area contributed by atoms with Gasteiger partial charge in [-0.1, -0.05) is 6.92 Å². The molecule has 1 aliphatic carbocycles. The van der Waals surface area contributed by atoms with Crippen LogP contribution in [0.15, 0.2) is 24.5 Å². The fourth-order valence-corrected chi connectivity index (χ4v) is 2.72. The second kappa shape index (κ2) is 5.27. The summed E-state index contributed by atoms with van der Waals surface area (Å²) in [5.74, 6) is 1.58. The van der Waals surface area contributed by atoms with Crippen molar-refractivity contribution in [3.8, 4) is 0 Å². The Bertz CT molecular complexity index is 958. The molecule has 3 heterocycles. The number of hydrogen-bond acceptors (Lipinski definition) is 6. The Morgan fingerprint density at radius 1 is 1.36 bits per heavy atom. The minimum atomic E-state index is -1.12. The van der Waals surface area contributed by atoms with E-state index in [0.717, 1.165) is 12.2 Å². The minimum absolute atomic E-state index is 0.414. The summed E-state index contributed by atoms with van der Waals surface area (Å²) in [5, 5.41) is 29.5. The first-order valence-corrected chi connectivity index (χ1v) is 8.14. The van der Waals surface area contributed by atoms with E-state index < -0.39 is 11.5 Å². The number of carboxylic acids is 1. The van der Waals surface area contributed by atoms with Gasteiger partial charge in [-0.15, -0.1) is 15.3 Å². The van der Waals surface area contributed by atoms with Crippen LogP contribution in [0.3, 0.4) is 0 Å². The van der Waals surface area contributed by atoms with Gasteiger partial charge >= 0.3 is 5.97 Å². The summed E-state index contributed by atoms with van der Waals surface area (Å²) in [6.45, 7) is 5.37. The fourth-order valence-electron chi connectivity index (χ4n) is 2.72. The van der Waals surface area contributed by atoms with E-state index in [1.807, 2.05) is 12.1 Å². The molecule has 0 aliphatic heterocycles. The molecule has 3 aromatic rings. The second-order valence-corrected chi connectivity index (χ2v) is 7.03. The molecule has 1 aliphatic rings. The van der Waals surface area contributed by atoms with Crippen LogP contribution in [0.2, 0.25) is 0 Å². The van der Waals surface area contributed by atoms with E-state index in [1.165, 1.54) is 4.68 Å². The molecule has 0 radical (unpaired) electrons. The Balaban J connectivity index is 1.61. The Kier molecular flexibility index (Phi) is 3.28. The van der Waals surface area contributed by atoms with E-state index in [-0.39, 0.29) is 0 Å². The molecule has 130 valence electrons. The summed E-state index contributed by atoms with van der Waals surface area (Å²) in [6, 6.07) is 3.66. The molecule has 4 rings (SSSR count). The van der Waals surface area contributed by atoms with Crippen LogP contribution in [-0.2, 0) is 10.3 Å². The van der Waals surface area contributed by atoms with Gasteiger partial charge in [0.1, 0.15) is 0 Å². The van der Waals surface area contributed by atoms with Crippen molar-refractivity contribution >= 4 is 23.1 Å². The molecule has 1 saturated carbocycles. The molecule has 2 atom stereocenters. The van der Waals surface area contributed by atoms with E-state index in [9.17, 15) is 9.90 Å². The van der Waals surface area contributed by atoms with Crippen LogP contribution >= 0.6 is 0 Å². The van der Waals surface area contributed by atoms with Gasteiger partial charge in [0.2, 0.25) is 0 Å². The quantitative estimate of drug-likeness (QED) is 0.730. The SMILES string of the molecule is CC1CC1c1nnc2ccc(Nc3cnn(C(C)(C)C(=O)O)c3)nn12. The zero-order valence-electron chi connectivity index (χ0n) is 14.2. The van der Waals surface area contributed by atoms with Crippen molar-refractivity contribution in [2.75, 3.05) is 5.32 Å². The number of rotatable bonds is 5. The van der Waals surface area contributed by atoms with Gasteiger partial charge in [-0.3, -0.25) is 4.68 Å². The molecule has 0 aromatic carbocycles. The fraction of sp³-hybridized carbons (Fsp3) is 0.438. The molecule has 2 unspecified atom stereocenters. The lowest BCUT2D eigenvalue weighted by atomic mass is 10.1. The van der Waals surface area contributed by atoms with Crippen molar-refractivity contribution in [2.45, 2.75) is 38.6 Å². The normalized spacial score (nSPS) is 20.0. The van der Waals surface area contributed by atoms with Crippen LogP contribution in [0.1, 0.15) is 38.9 Å². The summed E-state index contributed by atoms with van der Waals surface area (Å²) in [5.41, 5.74) is 0.249. The highest BCUT2D eigenvalue weighted by Gasteiger charge is 2.38. The molecule has 3 aromatic heterocycles. The topological polar surface area (TPSA) is 110 Å². The highest BCUT2D eigenvalue weighted by Crippen LogP contribution is 2.45. The van der Waals surface area contributed by atoms with Crippen molar-refractivity contribution in [1.29, 1.82) is 0 Å². The number of hydrogen-bond donors (Lipinski definition) is 2. The Hall–Kier alpha value is -2.97. The highest BCUT2D eigenvalue weighted by atomic mass is 16.4. The molecular weight excluding hydrogens is 322 g/mol. The molecular formula is C16H19N7O2. The number of carboxylic acid groups (broad SMARTS) is 1. The maximum atomic E-state index is 11.3. The van der Waals surface area contributed by atoms with Crippen molar-refractivity contribution < 1.29 is 9.90 Å². The van der Waals surface area contributed by atoms with Gasteiger partial charge < -0.3 is 10.4 Å². The smallest absolute Gasteiger partial charge is 0.331 e. The van der Waals surface area contributed by atoms with Gasteiger partial charge in [-0.05, 0) is 38.3 Å². The number of carbonyl (C=O) groups is 1. The lowest BCUT2D eigenvalue weighted by molar-refractivity contribution is -0.146. The average molecular weight is 341 g/mol. The summed E-state index contributed by atoms with van der Waals surface area (Å²) < 4.78 is 3.17. The maximum absolute atomic E-state index is 11.3. The Morgan fingerprint density at radius 3 is 2.80 bits per heavy atom. The van der Waals surface area contributed by atoms with Gasteiger partial charge in [0.25, 0.3) is 0 Å². The van der Waals surface area contributed by atoms with E-state index in [0.29, 0.717) is 29.0 Å². The third-order valence-corrected chi connectivity index (χ3v) is 4.68. The Labute approximate surface area is 143 Å². The standard InChI is InChI=1S/C16H19N7O2/c1-9-6-11(9)14-20-19-13-5-4-12(21-23(13)14)18-10-7-17-22(8-10)16(2,3)15(24)25/h4-5,7-9,11H,6H2,1-3H3,(H,18,21)(H,24,25). The molecule has 9 heteroatoms. The third kappa shape index (κ3) is 2.61. The lowest BCUT2D eigenvalue weighted by Crippen LogP contribution is -2.35. The molecule has 0 saturated heterocycles. The number of aromatic nitrogens is 6. The van der Waals surface area contributed by atoms with Crippen LogP contribution in [0.4, 0.5) is 11.5 Å². The van der Waals surface area contributed by atoms with E-state index in [2.05, 4.69) is 32.6 Å². The zero-order chi connectivity index (χ0) is 17.8. The van der Waals surface area contributed by atoms with Crippen molar-refractivity contribution in [3.05, 3.63) is 30.4 Å². The molecule has 25 heavy (non-hydrogen) atoms. The van der Waals surface area contributed by atoms with Gasteiger partial charge in [0.05, 0.1) is 11.9 Å². The predicted molar refractivity (Wildman–Crippen MR) is 89.8 cm³/mol. The second-order valence-electron chi connectivity index (χ2n) is 7.03. The van der Waals surface area contributed by atoms with E-state index in [1.54, 1.807) is 30.8 Å². The van der Waals surface area contributed by atoms with Crippen molar-refractivity contribution in [1.82, 2.24) is 29.6 Å². The molecule has 1 fully saturated rings. The number of aliphatic carboxylic acids is 1. The van der Waals surface area contributed by atoms with Gasteiger partial charge in [0.15, 0.2) is 22.8 Å². The van der Waals surface area contributed by atoms with Crippen LogP contribution in [0, 0.1) is 5.92 Å². The van der Waals surface area contributed by atoms with Gasteiger partial charge in [-0.25, -0.2) is 4.79 Å². The first-order valence-electron chi connectivity index (χ1n) is 8.14.